The van der Waals surface area contributed by atoms with Gasteiger partial charge in [-0.1, -0.05) is 19.0 Å². The van der Waals surface area contributed by atoms with E-state index in [1.165, 1.54) is 0 Å². The minimum absolute atomic E-state index is 0.182. The van der Waals surface area contributed by atoms with Crippen LogP contribution in [0.3, 0.4) is 0 Å². The monoisotopic (exact) mass is 250 g/mol. The van der Waals surface area contributed by atoms with Gasteiger partial charge in [-0.15, -0.1) is 0 Å². The van der Waals surface area contributed by atoms with E-state index >= 15 is 0 Å². The van der Waals surface area contributed by atoms with E-state index in [1.807, 2.05) is 6.92 Å². The minimum Gasteiger partial charge on any atom is -0.385 e. The van der Waals surface area contributed by atoms with Gasteiger partial charge in [0.1, 0.15) is 0 Å². The summed E-state index contributed by atoms with van der Waals surface area (Å²) in [5, 5.41) is 7.76. The van der Waals surface area contributed by atoms with Crippen molar-refractivity contribution >= 4 is 5.91 Å². The van der Waals surface area contributed by atoms with Gasteiger partial charge >= 0.3 is 0 Å². The molecule has 0 fully saturated rings. The molecule has 1 amide bonds. The molecule has 0 aliphatic carbocycles. The molecule has 0 unspecified atom stereocenters. The van der Waals surface area contributed by atoms with E-state index < -0.39 is 0 Å². The zero-order valence-corrected chi connectivity index (χ0v) is 10.7. The van der Waals surface area contributed by atoms with Crippen LogP contribution in [-0.4, -0.2) is 24.0 Å². The highest BCUT2D eigenvalue weighted by Crippen LogP contribution is 2.22. The molecule has 0 aromatic rings. The Balaban J connectivity index is 3.07. The summed E-state index contributed by atoms with van der Waals surface area (Å²) >= 11 is 0. The highest BCUT2D eigenvalue weighted by atomic mass is 16.2. The van der Waals surface area contributed by atoms with Gasteiger partial charge in [0.05, 0.1) is 12.2 Å². The molecular formula is C11H18N6O. The molecule has 7 heteroatoms. The lowest BCUT2D eigenvalue weighted by molar-refractivity contribution is -0.129. The second-order valence-corrected chi connectivity index (χ2v) is 3.85. The minimum atomic E-state index is -0.182. The van der Waals surface area contributed by atoms with Crippen molar-refractivity contribution in [1.82, 2.24) is 10.3 Å². The maximum atomic E-state index is 11.6. The van der Waals surface area contributed by atoms with Crippen LogP contribution in [0.4, 0.5) is 0 Å². The molecule has 0 spiro atoms. The van der Waals surface area contributed by atoms with Crippen molar-refractivity contribution in [3.8, 4) is 0 Å². The van der Waals surface area contributed by atoms with Crippen LogP contribution < -0.4 is 11.2 Å². The molecule has 0 saturated heterocycles. The van der Waals surface area contributed by atoms with Crippen LogP contribution in [0.2, 0.25) is 0 Å². The second kappa shape index (κ2) is 6.68. The van der Waals surface area contributed by atoms with Crippen LogP contribution in [-0.2, 0) is 4.79 Å². The molecule has 0 aromatic carbocycles. The Labute approximate surface area is 106 Å². The topological polar surface area (TPSA) is 107 Å². The summed E-state index contributed by atoms with van der Waals surface area (Å²) in [6, 6.07) is 0. The van der Waals surface area contributed by atoms with Crippen LogP contribution in [0.1, 0.15) is 26.7 Å². The third kappa shape index (κ3) is 3.03. The second-order valence-electron chi connectivity index (χ2n) is 3.85. The molecule has 0 radical (unpaired) electrons. The predicted octanol–water partition coefficient (Wildman–Crippen LogP) is 1.56. The molecule has 0 saturated carbocycles. The van der Waals surface area contributed by atoms with E-state index in [-0.39, 0.29) is 12.5 Å². The molecule has 1 aliphatic heterocycles. The molecule has 1 rings (SSSR count). The zero-order valence-electron chi connectivity index (χ0n) is 10.7. The van der Waals surface area contributed by atoms with Gasteiger partial charge in [-0.05, 0) is 23.1 Å². The van der Waals surface area contributed by atoms with Crippen LogP contribution in [0, 0.1) is 0 Å². The van der Waals surface area contributed by atoms with Gasteiger partial charge in [0.2, 0.25) is 5.91 Å². The first-order valence-corrected chi connectivity index (χ1v) is 5.89. The smallest absolute Gasteiger partial charge is 0.240 e. The average Bonchev–Trinajstić information content (AvgIpc) is 2.42. The Morgan fingerprint density at radius 1 is 1.67 bits per heavy atom. The predicted molar refractivity (Wildman–Crippen MR) is 68.7 cm³/mol. The number of nitrogens with zero attached hydrogens (tertiary/aromatic N) is 4. The summed E-state index contributed by atoms with van der Waals surface area (Å²) in [4.78, 5) is 14.4. The first-order chi connectivity index (χ1) is 8.65. The number of nitrogens with two attached hydrogens (primary N) is 1. The number of azide groups is 1. The summed E-state index contributed by atoms with van der Waals surface area (Å²) in [6.07, 6.45) is 2.83. The van der Waals surface area contributed by atoms with Gasteiger partial charge in [0.15, 0.2) is 0 Å². The molecule has 3 N–H and O–H groups in total. The third-order valence-electron chi connectivity index (χ3n) is 2.84. The van der Waals surface area contributed by atoms with Crippen LogP contribution in [0.25, 0.3) is 10.4 Å². The van der Waals surface area contributed by atoms with E-state index in [9.17, 15) is 4.79 Å². The Morgan fingerprint density at radius 2 is 2.39 bits per heavy atom. The van der Waals surface area contributed by atoms with E-state index in [0.717, 1.165) is 22.6 Å². The molecular weight excluding hydrogens is 232 g/mol. The quantitative estimate of drug-likeness (QED) is 0.193. The maximum Gasteiger partial charge on any atom is 0.240 e. The van der Waals surface area contributed by atoms with E-state index in [0.29, 0.717) is 18.7 Å². The SMILES string of the molecule is CCC(=O)N(N)C1=CNCC(CC)=C1CN=[N+]=[N-]. The van der Waals surface area contributed by atoms with Crippen molar-refractivity contribution in [2.45, 2.75) is 26.7 Å². The lowest BCUT2D eigenvalue weighted by Crippen LogP contribution is -2.40. The number of hydrazine groups is 1. The Bertz CT molecular complexity index is 433. The van der Waals surface area contributed by atoms with Gasteiger partial charge in [-0.2, -0.15) is 0 Å². The van der Waals surface area contributed by atoms with Crippen LogP contribution >= 0.6 is 0 Å². The fraction of sp³-hybridized carbons (Fsp3) is 0.545. The standard InChI is InChI=1S/C11H18N6O/c1-3-8-5-14-7-10(9(8)6-15-16-12)17(13)11(18)4-2/h7,14H,3-6,13H2,1-2H3. The molecule has 0 bridgehead atoms. The number of rotatable bonds is 5. The summed E-state index contributed by atoms with van der Waals surface area (Å²) < 4.78 is 0. The van der Waals surface area contributed by atoms with E-state index in [1.54, 1.807) is 13.1 Å². The van der Waals surface area contributed by atoms with Crippen molar-refractivity contribution in [2.75, 3.05) is 13.1 Å². The van der Waals surface area contributed by atoms with Crippen LogP contribution in [0.15, 0.2) is 28.2 Å². The number of carbonyl (C=O) groups excluding carboxylic acids is 1. The van der Waals surface area contributed by atoms with Gasteiger partial charge in [-0.3, -0.25) is 4.79 Å². The summed E-state index contributed by atoms with van der Waals surface area (Å²) in [7, 11) is 0. The van der Waals surface area contributed by atoms with Gasteiger partial charge < -0.3 is 5.32 Å². The number of hydrogen-bond acceptors (Lipinski definition) is 4. The third-order valence-corrected chi connectivity index (χ3v) is 2.84. The van der Waals surface area contributed by atoms with E-state index in [2.05, 4.69) is 15.3 Å². The Kier molecular flexibility index (Phi) is 5.23. The molecule has 1 heterocycles. The van der Waals surface area contributed by atoms with Crippen molar-refractivity contribution in [3.05, 3.63) is 33.5 Å². The van der Waals surface area contributed by atoms with Crippen LogP contribution in [0.5, 0.6) is 0 Å². The fourth-order valence-electron chi connectivity index (χ4n) is 1.80. The fourth-order valence-corrected chi connectivity index (χ4v) is 1.80. The van der Waals surface area contributed by atoms with Gasteiger partial charge in [0, 0.05) is 24.1 Å². The molecule has 7 nitrogen and oxygen atoms in total. The summed E-state index contributed by atoms with van der Waals surface area (Å²) in [6.45, 7) is 4.65. The van der Waals surface area contributed by atoms with Gasteiger partial charge in [-0.25, -0.2) is 10.9 Å². The average molecular weight is 250 g/mol. The lowest BCUT2D eigenvalue weighted by atomic mass is 10.00. The highest BCUT2D eigenvalue weighted by molar-refractivity contribution is 5.78. The van der Waals surface area contributed by atoms with Crippen molar-refractivity contribution in [1.29, 1.82) is 0 Å². The number of nitrogens with one attached hydrogen (secondary N) is 1. The molecule has 0 atom stereocenters. The largest absolute Gasteiger partial charge is 0.385 e. The molecule has 98 valence electrons. The molecule has 18 heavy (non-hydrogen) atoms. The summed E-state index contributed by atoms with van der Waals surface area (Å²) in [5.74, 6) is 5.61. The first-order valence-electron chi connectivity index (χ1n) is 5.89. The van der Waals surface area contributed by atoms with Crippen molar-refractivity contribution in [2.24, 2.45) is 11.0 Å². The first kappa shape index (κ1) is 14.1. The highest BCUT2D eigenvalue weighted by Gasteiger charge is 2.21. The lowest BCUT2D eigenvalue weighted by Gasteiger charge is -2.27. The number of dihydropyridines is 1. The molecule has 1 aliphatic rings. The normalized spacial score (nSPS) is 14.5. The Morgan fingerprint density at radius 3 is 2.94 bits per heavy atom. The van der Waals surface area contributed by atoms with Gasteiger partial charge in [0.25, 0.3) is 0 Å². The van der Waals surface area contributed by atoms with Crippen molar-refractivity contribution in [3.63, 3.8) is 0 Å². The van der Waals surface area contributed by atoms with E-state index in [4.69, 9.17) is 11.4 Å². The van der Waals surface area contributed by atoms with Crippen molar-refractivity contribution < 1.29 is 4.79 Å². The Hall–Kier alpha value is -1.98. The zero-order chi connectivity index (χ0) is 13.5. The maximum absolute atomic E-state index is 11.6. The summed E-state index contributed by atoms with van der Waals surface area (Å²) in [5.41, 5.74) is 10.9. The number of carbonyl (C=O) groups is 1. The number of hydrogen-bond donors (Lipinski definition) is 2. The number of amides is 1. The molecule has 0 aromatic heterocycles.